The topological polar surface area (TPSA) is 62.2 Å². The van der Waals surface area contributed by atoms with Gasteiger partial charge < -0.3 is 20.1 Å². The largest absolute Gasteiger partial charge is 0.351 e. The molecule has 8 heteroatoms. The van der Waals surface area contributed by atoms with Gasteiger partial charge in [0.2, 0.25) is 5.91 Å². The molecule has 0 radical (unpaired) electrons. The molecule has 0 bridgehead atoms. The normalized spacial score (nSPS) is 20.5. The average Bonchev–Trinajstić information content (AvgIpc) is 3.60. The van der Waals surface area contributed by atoms with Crippen LogP contribution in [0.1, 0.15) is 69.0 Å². The Labute approximate surface area is 216 Å². The lowest BCUT2D eigenvalue weighted by Crippen LogP contribution is -2.30. The minimum Gasteiger partial charge on any atom is -0.351 e. The van der Waals surface area contributed by atoms with Crippen LogP contribution in [-0.4, -0.2) is 20.6 Å². The Kier molecular flexibility index (Phi) is 6.80. The molecule has 2 fully saturated rings. The summed E-state index contributed by atoms with van der Waals surface area (Å²) >= 11 is 12.5. The van der Waals surface area contributed by atoms with E-state index in [1.54, 1.807) is 0 Å². The highest BCUT2D eigenvalue weighted by Crippen LogP contribution is 2.44. The molecule has 1 aliphatic carbocycles. The standard InChI is InChI=1S/C27H30ClN5OS/c1-17(2)26(34)30-21-13-12-19(16-20(21)28)33-25(23-11-7-15-32(23)18-8-3-4-9-18)24(31-27(33)35)22-10-5-6-14-29-22/h5-7,10-18,24-25H,3-4,8-9H2,1-2H3,(H,30,34)(H,31,35)/t24-,25+/m1/s1. The van der Waals surface area contributed by atoms with Crippen molar-refractivity contribution in [2.75, 3.05) is 10.2 Å². The molecule has 35 heavy (non-hydrogen) atoms. The van der Waals surface area contributed by atoms with E-state index in [0.717, 1.165) is 11.4 Å². The zero-order valence-electron chi connectivity index (χ0n) is 19.9. The number of benzene rings is 1. The Morgan fingerprint density at radius 3 is 2.66 bits per heavy atom. The van der Waals surface area contributed by atoms with E-state index < -0.39 is 0 Å². The molecule has 1 aliphatic heterocycles. The monoisotopic (exact) mass is 507 g/mol. The average molecular weight is 508 g/mol. The molecule has 3 aromatic rings. The lowest BCUT2D eigenvalue weighted by Gasteiger charge is -2.30. The number of carbonyl (C=O) groups is 1. The first-order valence-electron chi connectivity index (χ1n) is 12.2. The zero-order valence-corrected chi connectivity index (χ0v) is 21.5. The van der Waals surface area contributed by atoms with Crippen molar-refractivity contribution in [3.63, 3.8) is 0 Å². The summed E-state index contributed by atoms with van der Waals surface area (Å²) in [6.07, 6.45) is 8.91. The van der Waals surface area contributed by atoms with Gasteiger partial charge in [-0.25, -0.2) is 0 Å². The second-order valence-electron chi connectivity index (χ2n) is 9.58. The summed E-state index contributed by atoms with van der Waals surface area (Å²) in [5.74, 6) is -0.200. The number of carbonyl (C=O) groups excluding carboxylic acids is 1. The van der Waals surface area contributed by atoms with E-state index in [4.69, 9.17) is 23.8 Å². The van der Waals surface area contributed by atoms with E-state index in [1.807, 2.05) is 56.4 Å². The van der Waals surface area contributed by atoms with Crippen LogP contribution < -0.4 is 15.5 Å². The number of aromatic nitrogens is 2. The fraction of sp³-hybridized carbons (Fsp3) is 0.370. The summed E-state index contributed by atoms with van der Waals surface area (Å²) < 4.78 is 2.43. The molecule has 0 unspecified atom stereocenters. The Balaban J connectivity index is 1.56. The van der Waals surface area contributed by atoms with Gasteiger partial charge in [-0.15, -0.1) is 0 Å². The van der Waals surface area contributed by atoms with Gasteiger partial charge in [-0.1, -0.05) is 44.4 Å². The Hall–Kier alpha value is -2.90. The summed E-state index contributed by atoms with van der Waals surface area (Å²) in [6.45, 7) is 3.71. The van der Waals surface area contributed by atoms with Crippen molar-refractivity contribution < 1.29 is 4.79 Å². The van der Waals surface area contributed by atoms with Crippen molar-refractivity contribution in [2.45, 2.75) is 57.7 Å². The van der Waals surface area contributed by atoms with E-state index in [0.29, 0.717) is 21.9 Å². The van der Waals surface area contributed by atoms with E-state index in [1.165, 1.54) is 31.4 Å². The molecule has 2 N–H and O–H groups in total. The quantitative estimate of drug-likeness (QED) is 0.377. The van der Waals surface area contributed by atoms with Crippen LogP contribution in [-0.2, 0) is 4.79 Å². The molecule has 1 aromatic carbocycles. The molecule has 1 saturated heterocycles. The predicted molar refractivity (Wildman–Crippen MR) is 145 cm³/mol. The summed E-state index contributed by atoms with van der Waals surface area (Å²) in [5, 5.41) is 7.53. The summed E-state index contributed by atoms with van der Waals surface area (Å²) in [5.41, 5.74) is 3.61. The first-order valence-corrected chi connectivity index (χ1v) is 13.0. The SMILES string of the molecule is CC(C)C(=O)Nc1ccc(N2C(=S)N[C@H](c3ccccn3)[C@@H]2c2cccn2C2CCCC2)cc1Cl. The molecule has 1 amide bonds. The van der Waals surface area contributed by atoms with Gasteiger partial charge in [0.05, 0.1) is 22.4 Å². The van der Waals surface area contributed by atoms with Crippen LogP contribution in [0.3, 0.4) is 0 Å². The Morgan fingerprint density at radius 2 is 1.97 bits per heavy atom. The second-order valence-corrected chi connectivity index (χ2v) is 10.4. The van der Waals surface area contributed by atoms with Gasteiger partial charge in [0.25, 0.3) is 0 Å². The summed E-state index contributed by atoms with van der Waals surface area (Å²) in [7, 11) is 0. The van der Waals surface area contributed by atoms with Crippen LogP contribution in [0, 0.1) is 5.92 Å². The number of nitrogens with one attached hydrogen (secondary N) is 2. The van der Waals surface area contributed by atoms with Gasteiger partial charge >= 0.3 is 0 Å². The van der Waals surface area contributed by atoms with E-state index in [2.05, 4.69) is 43.4 Å². The fourth-order valence-corrected chi connectivity index (χ4v) is 5.71. The molecular weight excluding hydrogens is 478 g/mol. The van der Waals surface area contributed by atoms with Gasteiger partial charge in [-0.2, -0.15) is 0 Å². The number of nitrogens with zero attached hydrogens (tertiary/aromatic N) is 3. The van der Waals surface area contributed by atoms with Crippen molar-refractivity contribution >= 4 is 46.2 Å². The van der Waals surface area contributed by atoms with Crippen molar-refractivity contribution in [1.82, 2.24) is 14.9 Å². The van der Waals surface area contributed by atoms with Crippen LogP contribution in [0.4, 0.5) is 11.4 Å². The van der Waals surface area contributed by atoms with Crippen molar-refractivity contribution in [3.8, 4) is 0 Å². The smallest absolute Gasteiger partial charge is 0.226 e. The number of rotatable bonds is 6. The highest BCUT2D eigenvalue weighted by Gasteiger charge is 2.42. The van der Waals surface area contributed by atoms with Crippen molar-refractivity contribution in [1.29, 1.82) is 0 Å². The van der Waals surface area contributed by atoms with Gasteiger partial charge in [0, 0.05) is 35.7 Å². The molecule has 2 atom stereocenters. The number of amides is 1. The number of thiocarbonyl (C=S) groups is 1. The van der Waals surface area contributed by atoms with E-state index in [-0.39, 0.29) is 23.9 Å². The molecular formula is C27H30ClN5OS. The first kappa shape index (κ1) is 23.8. The maximum Gasteiger partial charge on any atom is 0.226 e. The molecule has 6 nitrogen and oxygen atoms in total. The number of halogens is 1. The summed E-state index contributed by atoms with van der Waals surface area (Å²) in [4.78, 5) is 19.0. The third-order valence-electron chi connectivity index (χ3n) is 6.94. The Morgan fingerprint density at radius 1 is 1.17 bits per heavy atom. The maximum absolute atomic E-state index is 12.2. The first-order chi connectivity index (χ1) is 16.9. The van der Waals surface area contributed by atoms with Gasteiger partial charge in [-0.05, 0) is 67.5 Å². The third kappa shape index (κ3) is 4.67. The minimum absolute atomic E-state index is 0.0690. The van der Waals surface area contributed by atoms with Crippen LogP contribution in [0.5, 0.6) is 0 Å². The minimum atomic E-state index is -0.131. The summed E-state index contributed by atoms with van der Waals surface area (Å²) in [6, 6.07) is 16.3. The highest BCUT2D eigenvalue weighted by atomic mass is 35.5. The van der Waals surface area contributed by atoms with Crippen molar-refractivity contribution in [3.05, 3.63) is 77.3 Å². The van der Waals surface area contributed by atoms with Crippen LogP contribution in [0.25, 0.3) is 0 Å². The van der Waals surface area contributed by atoms with Gasteiger partial charge in [-0.3, -0.25) is 9.78 Å². The molecule has 182 valence electrons. The number of hydrogen-bond donors (Lipinski definition) is 2. The van der Waals surface area contributed by atoms with Gasteiger partial charge in [0.15, 0.2) is 5.11 Å². The van der Waals surface area contributed by atoms with E-state index in [9.17, 15) is 4.79 Å². The second kappa shape index (κ2) is 9.99. The lowest BCUT2D eigenvalue weighted by molar-refractivity contribution is -0.118. The van der Waals surface area contributed by atoms with Crippen LogP contribution in [0.15, 0.2) is 60.9 Å². The number of anilines is 2. The maximum atomic E-state index is 12.2. The number of pyridine rings is 1. The molecule has 1 saturated carbocycles. The predicted octanol–water partition coefficient (Wildman–Crippen LogP) is 6.42. The van der Waals surface area contributed by atoms with Crippen LogP contribution >= 0.6 is 23.8 Å². The molecule has 3 heterocycles. The van der Waals surface area contributed by atoms with Crippen LogP contribution in [0.2, 0.25) is 5.02 Å². The lowest BCUT2D eigenvalue weighted by atomic mass is 10.00. The molecule has 0 spiro atoms. The van der Waals surface area contributed by atoms with E-state index >= 15 is 0 Å². The third-order valence-corrected chi connectivity index (χ3v) is 7.57. The zero-order chi connectivity index (χ0) is 24.5. The number of hydrogen-bond acceptors (Lipinski definition) is 3. The van der Waals surface area contributed by atoms with Gasteiger partial charge in [0.1, 0.15) is 6.04 Å². The van der Waals surface area contributed by atoms with Crippen molar-refractivity contribution in [2.24, 2.45) is 5.92 Å². The molecule has 2 aromatic heterocycles. The highest BCUT2D eigenvalue weighted by molar-refractivity contribution is 7.80. The fourth-order valence-electron chi connectivity index (χ4n) is 5.14. The Bertz CT molecular complexity index is 1220. The molecule has 5 rings (SSSR count). The molecule has 2 aliphatic rings.